The summed E-state index contributed by atoms with van der Waals surface area (Å²) in [6.45, 7) is 2.74. The summed E-state index contributed by atoms with van der Waals surface area (Å²) in [6, 6.07) is 18.3. The van der Waals surface area contributed by atoms with E-state index in [1.165, 1.54) is 12.1 Å². The Labute approximate surface area is 197 Å². The van der Waals surface area contributed by atoms with Crippen LogP contribution in [-0.2, 0) is 17.8 Å². The summed E-state index contributed by atoms with van der Waals surface area (Å²) in [7, 11) is 0. The zero-order valence-electron chi connectivity index (χ0n) is 18.2. The molecule has 0 saturated carbocycles. The molecular formula is C26H24ClFN2O3. The maximum Gasteiger partial charge on any atom is 0.263 e. The van der Waals surface area contributed by atoms with E-state index >= 15 is 0 Å². The van der Waals surface area contributed by atoms with Crippen molar-refractivity contribution in [1.29, 1.82) is 0 Å². The van der Waals surface area contributed by atoms with Crippen molar-refractivity contribution >= 4 is 29.1 Å². The summed E-state index contributed by atoms with van der Waals surface area (Å²) in [5.41, 5.74) is 2.87. The van der Waals surface area contributed by atoms with Gasteiger partial charge in [-0.2, -0.15) is 0 Å². The lowest BCUT2D eigenvalue weighted by molar-refractivity contribution is -0.138. The summed E-state index contributed by atoms with van der Waals surface area (Å²) in [5.74, 6) is 0.00881. The molecule has 170 valence electrons. The molecule has 0 fully saturated rings. The van der Waals surface area contributed by atoms with Crippen LogP contribution < -0.4 is 10.1 Å². The number of anilines is 1. The van der Waals surface area contributed by atoms with Crippen LogP contribution in [0.1, 0.15) is 34.8 Å². The minimum absolute atomic E-state index is 0.0810. The molecule has 3 aromatic carbocycles. The molecule has 0 spiro atoms. The lowest BCUT2D eigenvalue weighted by atomic mass is 10.1. The molecule has 5 nitrogen and oxygen atoms in total. The van der Waals surface area contributed by atoms with Gasteiger partial charge in [0.1, 0.15) is 11.6 Å². The van der Waals surface area contributed by atoms with E-state index in [2.05, 4.69) is 5.32 Å². The second-order valence-electron chi connectivity index (χ2n) is 7.93. The third kappa shape index (κ3) is 5.52. The number of hydrogen-bond donors (Lipinski definition) is 1. The van der Waals surface area contributed by atoms with E-state index < -0.39 is 6.10 Å². The zero-order valence-corrected chi connectivity index (χ0v) is 18.9. The monoisotopic (exact) mass is 466 g/mol. The van der Waals surface area contributed by atoms with Crippen molar-refractivity contribution in [3.63, 3.8) is 0 Å². The SMILES string of the molecule is CC[C@@H]1Oc2ccc(NC(=O)c3ccc(Cl)cc3)cc2CN(CCc2ccc(F)cc2)C1=O. The number of nitrogens with one attached hydrogen (secondary N) is 1. The Bertz CT molecular complexity index is 1150. The van der Waals surface area contributed by atoms with Gasteiger partial charge in [0.15, 0.2) is 6.10 Å². The molecule has 0 aromatic heterocycles. The number of benzene rings is 3. The molecule has 1 aliphatic rings. The fraction of sp³-hybridized carbons (Fsp3) is 0.231. The van der Waals surface area contributed by atoms with Gasteiger partial charge in [0.05, 0.1) is 0 Å². The van der Waals surface area contributed by atoms with E-state index in [1.54, 1.807) is 53.4 Å². The first-order valence-electron chi connectivity index (χ1n) is 10.8. The minimum Gasteiger partial charge on any atom is -0.480 e. The molecule has 1 atom stereocenters. The van der Waals surface area contributed by atoms with Crippen molar-refractivity contribution in [3.8, 4) is 5.75 Å². The molecule has 2 amide bonds. The highest BCUT2D eigenvalue weighted by atomic mass is 35.5. The Kier molecular flexibility index (Phi) is 6.94. The van der Waals surface area contributed by atoms with Crippen molar-refractivity contribution in [2.24, 2.45) is 0 Å². The Hall–Kier alpha value is -3.38. The molecule has 1 heterocycles. The van der Waals surface area contributed by atoms with Gasteiger partial charge >= 0.3 is 0 Å². The molecule has 3 aromatic rings. The molecule has 0 aliphatic carbocycles. The number of rotatable bonds is 6. The van der Waals surface area contributed by atoms with E-state index in [0.29, 0.717) is 48.0 Å². The minimum atomic E-state index is -0.575. The Morgan fingerprint density at radius 2 is 1.85 bits per heavy atom. The van der Waals surface area contributed by atoms with Crippen LogP contribution in [0.4, 0.5) is 10.1 Å². The van der Waals surface area contributed by atoms with Crippen LogP contribution in [0.5, 0.6) is 5.75 Å². The number of halogens is 2. The topological polar surface area (TPSA) is 58.6 Å². The quantitative estimate of drug-likeness (QED) is 0.523. The van der Waals surface area contributed by atoms with Crippen molar-refractivity contribution in [3.05, 3.63) is 94.3 Å². The summed E-state index contributed by atoms with van der Waals surface area (Å²) >= 11 is 5.90. The normalized spacial score (nSPS) is 15.4. The Morgan fingerprint density at radius 3 is 2.55 bits per heavy atom. The van der Waals surface area contributed by atoms with Gasteiger partial charge in [-0.3, -0.25) is 9.59 Å². The van der Waals surface area contributed by atoms with Gasteiger partial charge in [0.2, 0.25) is 0 Å². The number of fused-ring (bicyclic) bond motifs is 1. The van der Waals surface area contributed by atoms with E-state index in [4.69, 9.17) is 16.3 Å². The van der Waals surface area contributed by atoms with Crippen LogP contribution in [0.15, 0.2) is 66.7 Å². The fourth-order valence-corrected chi connectivity index (χ4v) is 3.88. The third-order valence-corrected chi connectivity index (χ3v) is 5.85. The van der Waals surface area contributed by atoms with Gasteiger partial charge in [-0.1, -0.05) is 30.7 Å². The molecule has 4 rings (SSSR count). The smallest absolute Gasteiger partial charge is 0.263 e. The third-order valence-electron chi connectivity index (χ3n) is 5.60. The maximum absolute atomic E-state index is 13.2. The molecule has 0 bridgehead atoms. The van der Waals surface area contributed by atoms with Crippen molar-refractivity contribution in [1.82, 2.24) is 4.90 Å². The Morgan fingerprint density at radius 1 is 1.12 bits per heavy atom. The van der Waals surface area contributed by atoms with Gasteiger partial charge < -0.3 is 15.0 Å². The summed E-state index contributed by atoms with van der Waals surface area (Å²) in [4.78, 5) is 27.4. The lowest BCUT2D eigenvalue weighted by Gasteiger charge is -2.23. The molecular weight excluding hydrogens is 443 g/mol. The van der Waals surface area contributed by atoms with E-state index in [1.807, 2.05) is 13.0 Å². The summed E-state index contributed by atoms with van der Waals surface area (Å²) in [5, 5.41) is 3.45. The number of carbonyl (C=O) groups excluding carboxylic acids is 2. The first kappa shape index (κ1) is 22.8. The number of carbonyl (C=O) groups is 2. The molecule has 0 unspecified atom stereocenters. The standard InChI is InChI=1S/C26H24ClFN2O3/c1-2-23-26(32)30(14-13-17-3-9-21(28)10-4-17)16-19-15-22(11-12-24(19)33-23)29-25(31)18-5-7-20(27)8-6-18/h3-12,15,23H,2,13-14,16H2,1H3,(H,29,31)/t23-/m0/s1. The summed E-state index contributed by atoms with van der Waals surface area (Å²) in [6.07, 6.45) is 0.569. The van der Waals surface area contributed by atoms with E-state index in [9.17, 15) is 14.0 Å². The molecule has 0 saturated heterocycles. The highest BCUT2D eigenvalue weighted by Gasteiger charge is 2.29. The van der Waals surface area contributed by atoms with Gasteiger partial charge in [-0.05, 0) is 73.0 Å². The Balaban J connectivity index is 1.52. The number of amides is 2. The molecule has 33 heavy (non-hydrogen) atoms. The molecule has 1 N–H and O–H groups in total. The van der Waals surface area contributed by atoms with E-state index in [0.717, 1.165) is 11.1 Å². The second-order valence-corrected chi connectivity index (χ2v) is 8.37. The maximum atomic E-state index is 13.2. The van der Waals surface area contributed by atoms with Crippen LogP contribution in [0.25, 0.3) is 0 Å². The van der Waals surface area contributed by atoms with Crippen LogP contribution >= 0.6 is 11.6 Å². The van der Waals surface area contributed by atoms with Gasteiger partial charge in [0.25, 0.3) is 11.8 Å². The summed E-state index contributed by atoms with van der Waals surface area (Å²) < 4.78 is 19.2. The number of hydrogen-bond acceptors (Lipinski definition) is 3. The van der Waals surface area contributed by atoms with E-state index in [-0.39, 0.29) is 17.6 Å². The van der Waals surface area contributed by atoms with Crippen LogP contribution in [0.3, 0.4) is 0 Å². The molecule has 1 aliphatic heterocycles. The fourth-order valence-electron chi connectivity index (χ4n) is 3.75. The van der Waals surface area contributed by atoms with Crippen LogP contribution in [0.2, 0.25) is 5.02 Å². The predicted molar refractivity (Wildman–Crippen MR) is 126 cm³/mol. The van der Waals surface area contributed by atoms with Gasteiger partial charge in [0, 0.05) is 34.9 Å². The van der Waals surface area contributed by atoms with Crippen molar-refractivity contribution in [2.45, 2.75) is 32.4 Å². The second kappa shape index (κ2) is 10.0. The predicted octanol–water partition coefficient (Wildman–Crippen LogP) is 5.47. The highest BCUT2D eigenvalue weighted by molar-refractivity contribution is 6.30. The first-order chi connectivity index (χ1) is 15.9. The molecule has 7 heteroatoms. The largest absolute Gasteiger partial charge is 0.480 e. The van der Waals surface area contributed by atoms with Gasteiger partial charge in [-0.25, -0.2) is 4.39 Å². The lowest BCUT2D eigenvalue weighted by Crippen LogP contribution is -2.40. The zero-order chi connectivity index (χ0) is 23.4. The van der Waals surface area contributed by atoms with Crippen LogP contribution in [-0.4, -0.2) is 29.4 Å². The first-order valence-corrected chi connectivity index (χ1v) is 11.2. The average molecular weight is 467 g/mol. The average Bonchev–Trinajstić information content (AvgIpc) is 2.95. The number of ether oxygens (including phenoxy) is 1. The highest BCUT2D eigenvalue weighted by Crippen LogP contribution is 2.30. The van der Waals surface area contributed by atoms with Crippen molar-refractivity contribution in [2.75, 3.05) is 11.9 Å². The number of nitrogens with zero attached hydrogens (tertiary/aromatic N) is 1. The molecule has 0 radical (unpaired) electrons. The van der Waals surface area contributed by atoms with Gasteiger partial charge in [-0.15, -0.1) is 0 Å². The van der Waals surface area contributed by atoms with Crippen molar-refractivity contribution < 1.29 is 18.7 Å². The van der Waals surface area contributed by atoms with Crippen LogP contribution in [0, 0.1) is 5.82 Å².